The molecule has 0 saturated heterocycles. The summed E-state index contributed by atoms with van der Waals surface area (Å²) in [6.07, 6.45) is 6.29. The minimum absolute atomic E-state index is 0.325. The van der Waals surface area contributed by atoms with Crippen molar-refractivity contribution in [3.8, 4) is 12.3 Å². The van der Waals surface area contributed by atoms with Gasteiger partial charge in [-0.05, 0) is 20.9 Å². The Morgan fingerprint density at radius 1 is 1.42 bits per heavy atom. The molecule has 0 aliphatic heterocycles. The van der Waals surface area contributed by atoms with Gasteiger partial charge in [-0.3, -0.25) is 0 Å². The summed E-state index contributed by atoms with van der Waals surface area (Å²) in [7, 11) is 2.06. The van der Waals surface area contributed by atoms with Gasteiger partial charge in [0.15, 0.2) is 0 Å². The highest BCUT2D eigenvalue weighted by Crippen LogP contribution is 1.90. The zero-order valence-corrected chi connectivity index (χ0v) is 8.34. The van der Waals surface area contributed by atoms with Crippen LogP contribution in [0.4, 0.5) is 0 Å². The Balaban J connectivity index is 3.20. The van der Waals surface area contributed by atoms with Crippen molar-refractivity contribution >= 4 is 0 Å². The maximum absolute atomic E-state index is 5.40. The Morgan fingerprint density at radius 2 is 2.08 bits per heavy atom. The van der Waals surface area contributed by atoms with Gasteiger partial charge < -0.3 is 9.64 Å². The molecule has 70 valence electrons. The van der Waals surface area contributed by atoms with Crippen LogP contribution in [-0.2, 0) is 4.74 Å². The lowest BCUT2D eigenvalue weighted by Crippen LogP contribution is -2.25. The third kappa shape index (κ3) is 7.59. The molecule has 0 aliphatic carbocycles. The van der Waals surface area contributed by atoms with Crippen LogP contribution in [0.25, 0.3) is 0 Å². The third-order valence-corrected chi connectivity index (χ3v) is 1.56. The van der Waals surface area contributed by atoms with Gasteiger partial charge in [0.25, 0.3) is 0 Å². The molecule has 0 aliphatic rings. The minimum Gasteiger partial charge on any atom is -0.377 e. The smallest absolute Gasteiger partial charge is 0.0596 e. The van der Waals surface area contributed by atoms with E-state index in [0.717, 1.165) is 26.1 Å². The summed E-state index contributed by atoms with van der Waals surface area (Å²) >= 11 is 0. The zero-order valence-electron chi connectivity index (χ0n) is 8.34. The maximum atomic E-state index is 5.40. The first kappa shape index (κ1) is 11.5. The number of likely N-dealkylation sites (N-methyl/N-ethyl adjacent to an activating group) is 1. The Labute approximate surface area is 75.9 Å². The molecular formula is C10H19NO. The summed E-state index contributed by atoms with van der Waals surface area (Å²) in [6, 6.07) is 0. The second kappa shape index (κ2) is 7.15. The van der Waals surface area contributed by atoms with E-state index < -0.39 is 0 Å². The van der Waals surface area contributed by atoms with Gasteiger partial charge in [-0.1, -0.05) is 0 Å². The maximum Gasteiger partial charge on any atom is 0.0596 e. The number of nitrogens with zero attached hydrogens (tertiary/aromatic N) is 1. The molecule has 0 radical (unpaired) electrons. The lowest BCUT2D eigenvalue weighted by Gasteiger charge is -2.15. The molecule has 0 saturated carbocycles. The number of rotatable bonds is 6. The second-order valence-electron chi connectivity index (χ2n) is 3.18. The van der Waals surface area contributed by atoms with E-state index in [-0.39, 0.29) is 0 Å². The molecule has 0 atom stereocenters. The van der Waals surface area contributed by atoms with Crippen LogP contribution in [0.3, 0.4) is 0 Å². The topological polar surface area (TPSA) is 12.5 Å². The standard InChI is InChI=1S/C10H19NO/c1-5-6-7-11(4)8-9-12-10(2)3/h1,10H,6-9H2,2-4H3. The molecule has 0 aromatic heterocycles. The van der Waals surface area contributed by atoms with Gasteiger partial charge in [0.1, 0.15) is 0 Å². The average Bonchev–Trinajstić information content (AvgIpc) is 2.00. The van der Waals surface area contributed by atoms with E-state index in [9.17, 15) is 0 Å². The van der Waals surface area contributed by atoms with Crippen molar-refractivity contribution in [3.63, 3.8) is 0 Å². The predicted octanol–water partition coefficient (Wildman–Crippen LogP) is 1.37. The Bertz CT molecular complexity index is 137. The van der Waals surface area contributed by atoms with E-state index >= 15 is 0 Å². The molecule has 0 rings (SSSR count). The molecule has 0 unspecified atom stereocenters. The number of terminal acetylenes is 1. The fourth-order valence-electron chi connectivity index (χ4n) is 0.811. The molecule has 2 nitrogen and oxygen atoms in total. The van der Waals surface area contributed by atoms with Crippen molar-refractivity contribution in [1.29, 1.82) is 0 Å². The normalized spacial score (nSPS) is 10.7. The van der Waals surface area contributed by atoms with Crippen molar-refractivity contribution in [3.05, 3.63) is 0 Å². The molecule has 0 amide bonds. The van der Waals surface area contributed by atoms with E-state index in [1.54, 1.807) is 0 Å². The largest absolute Gasteiger partial charge is 0.377 e. The average molecular weight is 169 g/mol. The first-order valence-corrected chi connectivity index (χ1v) is 4.40. The lowest BCUT2D eigenvalue weighted by molar-refractivity contribution is 0.0642. The Hall–Kier alpha value is -0.520. The van der Waals surface area contributed by atoms with E-state index in [1.807, 2.05) is 13.8 Å². The first-order valence-electron chi connectivity index (χ1n) is 4.40. The highest BCUT2D eigenvalue weighted by atomic mass is 16.5. The van der Waals surface area contributed by atoms with Crippen LogP contribution in [0, 0.1) is 12.3 Å². The SMILES string of the molecule is C#CCCN(C)CCOC(C)C. The van der Waals surface area contributed by atoms with Crippen LogP contribution >= 0.6 is 0 Å². The van der Waals surface area contributed by atoms with Crippen LogP contribution < -0.4 is 0 Å². The molecule has 0 N–H and O–H groups in total. The summed E-state index contributed by atoms with van der Waals surface area (Å²) in [5.41, 5.74) is 0. The first-order chi connectivity index (χ1) is 5.66. The monoisotopic (exact) mass is 169 g/mol. The van der Waals surface area contributed by atoms with E-state index in [0.29, 0.717) is 6.10 Å². The summed E-state index contributed by atoms with van der Waals surface area (Å²) in [4.78, 5) is 2.18. The quantitative estimate of drug-likeness (QED) is 0.557. The third-order valence-electron chi connectivity index (χ3n) is 1.56. The van der Waals surface area contributed by atoms with Gasteiger partial charge in [-0.2, -0.15) is 0 Å². The summed E-state index contributed by atoms with van der Waals surface area (Å²) in [5.74, 6) is 2.62. The van der Waals surface area contributed by atoms with E-state index in [1.165, 1.54) is 0 Å². The summed E-state index contributed by atoms with van der Waals surface area (Å²) < 4.78 is 5.40. The van der Waals surface area contributed by atoms with Crippen LogP contribution in [0.1, 0.15) is 20.3 Å². The van der Waals surface area contributed by atoms with Crippen LogP contribution in [-0.4, -0.2) is 37.7 Å². The lowest BCUT2D eigenvalue weighted by atomic mass is 10.4. The number of hydrogen-bond donors (Lipinski definition) is 0. The fourth-order valence-corrected chi connectivity index (χ4v) is 0.811. The Morgan fingerprint density at radius 3 is 2.58 bits per heavy atom. The molecule has 12 heavy (non-hydrogen) atoms. The molecule has 0 heterocycles. The number of hydrogen-bond acceptors (Lipinski definition) is 2. The van der Waals surface area contributed by atoms with E-state index in [4.69, 9.17) is 11.2 Å². The second-order valence-corrected chi connectivity index (χ2v) is 3.18. The van der Waals surface area contributed by atoms with Crippen LogP contribution in [0.2, 0.25) is 0 Å². The van der Waals surface area contributed by atoms with Crippen molar-refractivity contribution < 1.29 is 4.74 Å². The van der Waals surface area contributed by atoms with Crippen LogP contribution in [0.5, 0.6) is 0 Å². The minimum atomic E-state index is 0.325. The number of ether oxygens (including phenoxy) is 1. The van der Waals surface area contributed by atoms with Crippen molar-refractivity contribution in [1.82, 2.24) is 4.90 Å². The zero-order chi connectivity index (χ0) is 9.40. The van der Waals surface area contributed by atoms with Gasteiger partial charge in [0.05, 0.1) is 12.7 Å². The summed E-state index contributed by atoms with van der Waals surface area (Å²) in [5, 5.41) is 0. The van der Waals surface area contributed by atoms with Gasteiger partial charge in [-0.25, -0.2) is 0 Å². The molecule has 0 spiro atoms. The van der Waals surface area contributed by atoms with Crippen molar-refractivity contribution in [2.75, 3.05) is 26.7 Å². The van der Waals surface area contributed by atoms with Crippen LogP contribution in [0.15, 0.2) is 0 Å². The molecule has 0 aromatic carbocycles. The Kier molecular flexibility index (Phi) is 6.84. The van der Waals surface area contributed by atoms with Crippen molar-refractivity contribution in [2.24, 2.45) is 0 Å². The van der Waals surface area contributed by atoms with E-state index in [2.05, 4.69) is 17.9 Å². The van der Waals surface area contributed by atoms with Gasteiger partial charge in [-0.15, -0.1) is 12.3 Å². The molecular weight excluding hydrogens is 150 g/mol. The highest BCUT2D eigenvalue weighted by molar-refractivity contribution is 4.84. The van der Waals surface area contributed by atoms with Gasteiger partial charge in [0, 0.05) is 19.5 Å². The highest BCUT2D eigenvalue weighted by Gasteiger charge is 1.97. The predicted molar refractivity (Wildman–Crippen MR) is 52.0 cm³/mol. The fraction of sp³-hybridized carbons (Fsp3) is 0.800. The van der Waals surface area contributed by atoms with Gasteiger partial charge >= 0.3 is 0 Å². The summed E-state index contributed by atoms with van der Waals surface area (Å²) in [6.45, 7) is 6.79. The molecule has 2 heteroatoms. The van der Waals surface area contributed by atoms with Gasteiger partial charge in [0.2, 0.25) is 0 Å². The molecule has 0 aromatic rings. The molecule has 0 fully saturated rings. The molecule has 0 bridgehead atoms. The van der Waals surface area contributed by atoms with Crippen molar-refractivity contribution in [2.45, 2.75) is 26.4 Å².